The molecule has 0 spiro atoms. The minimum Gasteiger partial charge on any atom is -0.507 e. The van der Waals surface area contributed by atoms with Gasteiger partial charge in [0, 0.05) is 0 Å². The molecule has 0 aliphatic rings. The van der Waals surface area contributed by atoms with Crippen LogP contribution in [0.2, 0.25) is 0 Å². The van der Waals surface area contributed by atoms with Crippen molar-refractivity contribution in [1.82, 2.24) is 0 Å². The number of aromatic hydroxyl groups is 2. The predicted molar refractivity (Wildman–Crippen MR) is 42.1 cm³/mol. The van der Waals surface area contributed by atoms with Crippen LogP contribution in [0, 0.1) is 0 Å². The van der Waals surface area contributed by atoms with Crippen molar-refractivity contribution in [1.29, 1.82) is 0 Å². The fraction of sp³-hybridized carbons (Fsp3) is 0. The number of aldehydes is 1. The van der Waals surface area contributed by atoms with E-state index in [-0.39, 0.29) is 6.29 Å². The standard InChI is InChI=1S/C8H6O5/c9-3-5-6(10)2-1-4(7(5)11)8(12)13/h1-3,10-11H,(H,12,13). The van der Waals surface area contributed by atoms with Gasteiger partial charge < -0.3 is 15.3 Å². The van der Waals surface area contributed by atoms with Gasteiger partial charge in [-0.25, -0.2) is 4.79 Å². The second kappa shape index (κ2) is 3.14. The lowest BCUT2D eigenvalue weighted by Gasteiger charge is -2.03. The van der Waals surface area contributed by atoms with Crippen LogP contribution in [0.4, 0.5) is 0 Å². The Morgan fingerprint density at radius 1 is 1.31 bits per heavy atom. The van der Waals surface area contributed by atoms with Gasteiger partial charge in [-0.15, -0.1) is 0 Å². The van der Waals surface area contributed by atoms with Crippen molar-refractivity contribution in [2.24, 2.45) is 0 Å². The molecular weight excluding hydrogens is 176 g/mol. The minimum absolute atomic E-state index is 0.192. The summed E-state index contributed by atoms with van der Waals surface area (Å²) in [5.41, 5.74) is -0.834. The molecule has 0 unspecified atom stereocenters. The average molecular weight is 182 g/mol. The molecule has 0 amide bonds. The molecule has 1 rings (SSSR count). The van der Waals surface area contributed by atoms with Crippen LogP contribution in [0.25, 0.3) is 0 Å². The molecule has 0 fully saturated rings. The lowest BCUT2D eigenvalue weighted by molar-refractivity contribution is 0.0693. The van der Waals surface area contributed by atoms with E-state index in [0.29, 0.717) is 0 Å². The molecular formula is C8H6O5. The van der Waals surface area contributed by atoms with Crippen LogP contribution >= 0.6 is 0 Å². The number of carboxylic acids is 1. The van der Waals surface area contributed by atoms with Gasteiger partial charge in [0.2, 0.25) is 0 Å². The van der Waals surface area contributed by atoms with Gasteiger partial charge in [-0.1, -0.05) is 0 Å². The zero-order chi connectivity index (χ0) is 10.0. The highest BCUT2D eigenvalue weighted by atomic mass is 16.4. The number of carbonyl (C=O) groups excluding carboxylic acids is 1. The Morgan fingerprint density at radius 2 is 1.92 bits per heavy atom. The summed E-state index contributed by atoms with van der Waals surface area (Å²) in [6.07, 6.45) is 0.192. The Kier molecular flexibility index (Phi) is 2.19. The van der Waals surface area contributed by atoms with Crippen LogP contribution < -0.4 is 0 Å². The van der Waals surface area contributed by atoms with Crippen molar-refractivity contribution in [3.8, 4) is 11.5 Å². The van der Waals surface area contributed by atoms with Gasteiger partial charge in [-0.05, 0) is 12.1 Å². The number of phenolic OH excluding ortho intramolecular Hbond substituents is 1. The summed E-state index contributed by atoms with van der Waals surface area (Å²) in [7, 11) is 0. The van der Waals surface area contributed by atoms with Crippen LogP contribution in [0.5, 0.6) is 11.5 Å². The first-order valence-electron chi connectivity index (χ1n) is 3.31. The van der Waals surface area contributed by atoms with Crippen LogP contribution in [0.15, 0.2) is 12.1 Å². The predicted octanol–water partition coefficient (Wildman–Crippen LogP) is 0.609. The lowest BCUT2D eigenvalue weighted by atomic mass is 10.1. The van der Waals surface area contributed by atoms with Gasteiger partial charge in [-0.2, -0.15) is 0 Å². The van der Waals surface area contributed by atoms with Crippen LogP contribution in [-0.2, 0) is 0 Å². The first-order chi connectivity index (χ1) is 6.07. The van der Waals surface area contributed by atoms with Gasteiger partial charge in [0.05, 0.1) is 5.56 Å². The topological polar surface area (TPSA) is 94.8 Å². The molecule has 0 saturated heterocycles. The van der Waals surface area contributed by atoms with Crippen LogP contribution in [0.1, 0.15) is 20.7 Å². The Bertz CT molecular complexity index is 369. The number of hydrogen-bond donors (Lipinski definition) is 3. The van der Waals surface area contributed by atoms with Crippen molar-refractivity contribution in [3.63, 3.8) is 0 Å². The van der Waals surface area contributed by atoms with Gasteiger partial charge in [0.1, 0.15) is 17.1 Å². The minimum atomic E-state index is -1.36. The molecule has 5 nitrogen and oxygen atoms in total. The van der Waals surface area contributed by atoms with Gasteiger partial charge in [0.25, 0.3) is 0 Å². The number of rotatable bonds is 2. The van der Waals surface area contributed by atoms with E-state index in [1.54, 1.807) is 0 Å². The number of hydrogen-bond acceptors (Lipinski definition) is 4. The summed E-state index contributed by atoms with van der Waals surface area (Å²) >= 11 is 0. The van der Waals surface area contributed by atoms with E-state index in [1.807, 2.05) is 0 Å². The summed E-state index contributed by atoms with van der Waals surface area (Å²) in [4.78, 5) is 20.8. The number of carboxylic acid groups (broad SMARTS) is 1. The molecule has 13 heavy (non-hydrogen) atoms. The van der Waals surface area contributed by atoms with Crippen molar-refractivity contribution in [3.05, 3.63) is 23.3 Å². The average Bonchev–Trinajstić information content (AvgIpc) is 2.04. The van der Waals surface area contributed by atoms with Gasteiger partial charge in [0.15, 0.2) is 6.29 Å². The number of carbonyl (C=O) groups is 2. The second-order valence-corrected chi connectivity index (χ2v) is 2.32. The zero-order valence-corrected chi connectivity index (χ0v) is 6.39. The normalized spacial score (nSPS) is 9.54. The smallest absolute Gasteiger partial charge is 0.339 e. The Hall–Kier alpha value is -2.04. The van der Waals surface area contributed by atoms with Crippen LogP contribution in [0.3, 0.4) is 0 Å². The highest BCUT2D eigenvalue weighted by Crippen LogP contribution is 2.28. The van der Waals surface area contributed by atoms with E-state index in [1.165, 1.54) is 0 Å². The summed E-state index contributed by atoms with van der Waals surface area (Å²) in [5.74, 6) is -2.53. The molecule has 0 atom stereocenters. The molecule has 1 aromatic rings. The SMILES string of the molecule is O=Cc1c(O)ccc(C(=O)O)c1O. The molecule has 5 heteroatoms. The number of aromatic carboxylic acids is 1. The van der Waals surface area contributed by atoms with E-state index < -0.39 is 28.6 Å². The third kappa shape index (κ3) is 1.44. The van der Waals surface area contributed by atoms with Crippen molar-refractivity contribution < 1.29 is 24.9 Å². The molecule has 0 aromatic heterocycles. The number of phenols is 2. The molecule has 0 bridgehead atoms. The third-order valence-corrected chi connectivity index (χ3v) is 1.54. The third-order valence-electron chi connectivity index (χ3n) is 1.54. The zero-order valence-electron chi connectivity index (χ0n) is 6.39. The van der Waals surface area contributed by atoms with E-state index in [2.05, 4.69) is 0 Å². The highest BCUT2D eigenvalue weighted by Gasteiger charge is 2.15. The van der Waals surface area contributed by atoms with Gasteiger partial charge >= 0.3 is 5.97 Å². The van der Waals surface area contributed by atoms with E-state index in [0.717, 1.165) is 12.1 Å². The van der Waals surface area contributed by atoms with Crippen molar-refractivity contribution in [2.45, 2.75) is 0 Å². The van der Waals surface area contributed by atoms with Crippen molar-refractivity contribution in [2.75, 3.05) is 0 Å². The molecule has 0 saturated carbocycles. The molecule has 68 valence electrons. The van der Waals surface area contributed by atoms with Crippen LogP contribution in [-0.4, -0.2) is 27.6 Å². The summed E-state index contributed by atoms with van der Waals surface area (Å²) < 4.78 is 0. The second-order valence-electron chi connectivity index (χ2n) is 2.32. The fourth-order valence-corrected chi connectivity index (χ4v) is 0.886. The molecule has 3 N–H and O–H groups in total. The summed E-state index contributed by atoms with van der Waals surface area (Å²) in [6.45, 7) is 0. The van der Waals surface area contributed by atoms with E-state index in [4.69, 9.17) is 15.3 Å². The monoisotopic (exact) mass is 182 g/mol. The molecule has 0 aliphatic heterocycles. The Labute approximate surface area is 72.9 Å². The fourth-order valence-electron chi connectivity index (χ4n) is 0.886. The maximum atomic E-state index is 10.4. The summed E-state index contributed by atoms with van der Waals surface area (Å²) in [5, 5.41) is 26.7. The first kappa shape index (κ1) is 9.05. The number of benzene rings is 1. The first-order valence-corrected chi connectivity index (χ1v) is 3.31. The Balaban J connectivity index is 3.44. The maximum absolute atomic E-state index is 10.4. The lowest BCUT2D eigenvalue weighted by Crippen LogP contribution is -1.98. The molecule has 0 radical (unpaired) electrons. The quantitative estimate of drug-likeness (QED) is 0.582. The molecule has 0 heterocycles. The molecule has 1 aromatic carbocycles. The Morgan fingerprint density at radius 3 is 2.38 bits per heavy atom. The van der Waals surface area contributed by atoms with Gasteiger partial charge in [-0.3, -0.25) is 4.79 Å². The summed E-state index contributed by atoms with van der Waals surface area (Å²) in [6, 6.07) is 2.05. The van der Waals surface area contributed by atoms with E-state index in [9.17, 15) is 9.59 Å². The maximum Gasteiger partial charge on any atom is 0.339 e. The largest absolute Gasteiger partial charge is 0.507 e. The van der Waals surface area contributed by atoms with E-state index >= 15 is 0 Å². The molecule has 0 aliphatic carbocycles. The highest BCUT2D eigenvalue weighted by molar-refractivity contribution is 5.96. The van der Waals surface area contributed by atoms with Crippen molar-refractivity contribution >= 4 is 12.3 Å².